The lowest BCUT2D eigenvalue weighted by molar-refractivity contribution is 0.669. The highest BCUT2D eigenvalue weighted by molar-refractivity contribution is 6.12. The summed E-state index contributed by atoms with van der Waals surface area (Å²) in [7, 11) is 0. The predicted octanol–water partition coefficient (Wildman–Crippen LogP) is 22.9. The van der Waals surface area contributed by atoms with Crippen LogP contribution in [-0.4, -0.2) is 4.57 Å². The lowest BCUT2D eigenvalue weighted by atomic mass is 9.67. The maximum atomic E-state index is 6.77. The van der Waals surface area contributed by atoms with Gasteiger partial charge in [0.05, 0.1) is 22.1 Å². The molecule has 17 aromatic rings. The van der Waals surface area contributed by atoms with E-state index in [2.05, 4.69) is 314 Å². The van der Waals surface area contributed by atoms with E-state index in [0.717, 1.165) is 100 Å². The molecule has 0 bridgehead atoms. The second-order valence-corrected chi connectivity index (χ2v) is 23.5. The van der Waals surface area contributed by atoms with E-state index in [1.165, 1.54) is 71.5 Å². The summed E-state index contributed by atoms with van der Waals surface area (Å²) >= 11 is 0. The highest BCUT2D eigenvalue weighted by Crippen LogP contribution is 2.59. The first-order valence-corrected chi connectivity index (χ1v) is 30.3. The minimum absolute atomic E-state index is 0.787. The molecule has 0 amide bonds. The van der Waals surface area contributed by atoms with E-state index in [-0.39, 0.29) is 0 Å². The number of benzene rings is 14. The van der Waals surface area contributed by atoms with Crippen LogP contribution in [-0.2, 0) is 5.41 Å². The largest absolute Gasteiger partial charge is 0.455 e. The lowest BCUT2D eigenvalue weighted by Crippen LogP contribution is -2.29. The van der Waals surface area contributed by atoms with Crippen LogP contribution in [0.1, 0.15) is 27.8 Å². The molecule has 0 N–H and O–H groups in total. The number of furan rings is 2. The zero-order valence-corrected chi connectivity index (χ0v) is 48.2. The van der Waals surface area contributed by atoms with Crippen molar-refractivity contribution in [3.05, 3.63) is 337 Å². The summed E-state index contributed by atoms with van der Waals surface area (Å²) in [5.74, 6) is 0. The summed E-state index contributed by atoms with van der Waals surface area (Å²) in [6, 6.07) is 114. The summed E-state index contributed by atoms with van der Waals surface area (Å²) in [4.78, 5) is 2.47. The molecule has 0 spiro atoms. The van der Waals surface area contributed by atoms with E-state index in [4.69, 9.17) is 8.83 Å². The summed E-state index contributed by atoms with van der Waals surface area (Å²) < 4.78 is 15.8. The van der Waals surface area contributed by atoms with Crippen molar-refractivity contribution in [1.29, 1.82) is 0 Å². The molecule has 0 radical (unpaired) electrons. The Morgan fingerprint density at radius 3 is 1.62 bits per heavy atom. The van der Waals surface area contributed by atoms with Crippen LogP contribution in [0.2, 0.25) is 0 Å². The third kappa shape index (κ3) is 7.52. The quantitative estimate of drug-likeness (QED) is 0.144. The molecular formula is C84H54N2O2. The first-order valence-electron chi connectivity index (χ1n) is 30.3. The van der Waals surface area contributed by atoms with Crippen molar-refractivity contribution in [3.63, 3.8) is 0 Å². The van der Waals surface area contributed by atoms with E-state index in [0.29, 0.717) is 0 Å². The van der Waals surface area contributed by atoms with E-state index in [1.54, 1.807) is 0 Å². The van der Waals surface area contributed by atoms with Crippen LogP contribution in [0.25, 0.3) is 127 Å². The van der Waals surface area contributed by atoms with Crippen LogP contribution >= 0.6 is 0 Å². The standard InChI is InChI=1S/C84H54N2O2/c1-53-35-46-67-68-47-45-63(85(77-32-14-18-55-17-5-6-23-64(55)77)62-43-38-54(39-44-62)57-40-48-79-74(51-57)69-24-7-10-31-78(69)86(79)61-21-3-2-4-22-61)52-76(68)84(75(67)49-53,59-41-36-56(37-42-59)65-27-15-29-72-70-25-8-11-33-80(70)87-82(65)72)60-20-13-19-58(50-60)66-28-16-30-73-71-26-9-12-34-81(71)88-83(66)73/h2-52H,1H3. The Morgan fingerprint density at radius 2 is 0.875 bits per heavy atom. The molecule has 1 atom stereocenters. The monoisotopic (exact) mass is 1120 g/mol. The second kappa shape index (κ2) is 19.5. The van der Waals surface area contributed by atoms with Gasteiger partial charge in [-0.05, 0) is 147 Å². The minimum Gasteiger partial charge on any atom is -0.455 e. The van der Waals surface area contributed by atoms with Gasteiger partial charge in [-0.25, -0.2) is 0 Å². The van der Waals surface area contributed by atoms with Crippen molar-refractivity contribution in [1.82, 2.24) is 4.57 Å². The first-order chi connectivity index (χ1) is 43.5. The predicted molar refractivity (Wildman–Crippen MR) is 366 cm³/mol. The van der Waals surface area contributed by atoms with Crippen LogP contribution in [0, 0.1) is 6.92 Å². The molecular weight excluding hydrogens is 1070 g/mol. The Morgan fingerprint density at radius 1 is 0.318 bits per heavy atom. The van der Waals surface area contributed by atoms with Crippen molar-refractivity contribution in [3.8, 4) is 50.2 Å². The SMILES string of the molecule is Cc1ccc2c(c1)C(c1ccc(-c3cccc4c3oc3ccccc34)cc1)(c1cccc(-c3cccc4c3oc3ccccc34)c1)c1cc(N(c3ccc(-c4ccc5c(c4)c4ccccc4n5-c4ccccc4)cc3)c3cccc4ccccc34)ccc1-2. The number of aryl methyl sites for hydroxylation is 1. The zero-order valence-electron chi connectivity index (χ0n) is 48.2. The van der Waals surface area contributed by atoms with E-state index >= 15 is 0 Å². The maximum Gasteiger partial charge on any atom is 0.143 e. The van der Waals surface area contributed by atoms with Gasteiger partial charge in [-0.15, -0.1) is 0 Å². The summed E-state index contributed by atoms with van der Waals surface area (Å²) in [5.41, 5.74) is 24.5. The van der Waals surface area contributed by atoms with Gasteiger partial charge >= 0.3 is 0 Å². The van der Waals surface area contributed by atoms with Gasteiger partial charge in [0.2, 0.25) is 0 Å². The highest BCUT2D eigenvalue weighted by atomic mass is 16.3. The number of rotatable bonds is 9. The average Bonchev–Trinajstić information content (AvgIpc) is 1.52. The number of hydrogen-bond donors (Lipinski definition) is 0. The van der Waals surface area contributed by atoms with Gasteiger partial charge in [0, 0.05) is 65.9 Å². The summed E-state index contributed by atoms with van der Waals surface area (Å²) in [5, 5.41) is 9.26. The number of anilines is 3. The molecule has 18 rings (SSSR count). The fourth-order valence-corrected chi connectivity index (χ4v) is 14.8. The van der Waals surface area contributed by atoms with Gasteiger partial charge in [-0.1, -0.05) is 236 Å². The molecule has 3 aromatic heterocycles. The molecule has 1 aliphatic rings. The van der Waals surface area contributed by atoms with Crippen molar-refractivity contribution < 1.29 is 8.83 Å². The minimum atomic E-state index is -0.787. The van der Waals surface area contributed by atoms with Crippen molar-refractivity contribution in [2.75, 3.05) is 4.90 Å². The van der Waals surface area contributed by atoms with Crippen molar-refractivity contribution in [2.24, 2.45) is 0 Å². The van der Waals surface area contributed by atoms with Crippen LogP contribution in [0.15, 0.2) is 318 Å². The van der Waals surface area contributed by atoms with Gasteiger partial charge < -0.3 is 18.3 Å². The third-order valence-corrected chi connectivity index (χ3v) is 18.7. The first kappa shape index (κ1) is 49.9. The highest BCUT2D eigenvalue weighted by Gasteiger charge is 2.47. The molecule has 1 unspecified atom stereocenters. The van der Waals surface area contributed by atoms with E-state index in [9.17, 15) is 0 Å². The zero-order chi connectivity index (χ0) is 58.0. The van der Waals surface area contributed by atoms with Crippen LogP contribution < -0.4 is 4.90 Å². The van der Waals surface area contributed by atoms with Gasteiger partial charge in [-0.3, -0.25) is 0 Å². The maximum absolute atomic E-state index is 6.77. The molecule has 0 saturated carbocycles. The number of para-hydroxylation sites is 6. The Labute approximate surface area is 508 Å². The Balaban J connectivity index is 0.844. The fourth-order valence-electron chi connectivity index (χ4n) is 14.8. The summed E-state index contributed by atoms with van der Waals surface area (Å²) in [6.45, 7) is 2.22. The van der Waals surface area contributed by atoms with Gasteiger partial charge in [-0.2, -0.15) is 0 Å². The molecule has 0 saturated heterocycles. The van der Waals surface area contributed by atoms with E-state index < -0.39 is 5.41 Å². The van der Waals surface area contributed by atoms with Crippen LogP contribution in [0.3, 0.4) is 0 Å². The molecule has 0 fully saturated rings. The van der Waals surface area contributed by atoms with Crippen LogP contribution in [0.5, 0.6) is 0 Å². The summed E-state index contributed by atoms with van der Waals surface area (Å²) in [6.07, 6.45) is 0. The smallest absolute Gasteiger partial charge is 0.143 e. The van der Waals surface area contributed by atoms with E-state index in [1.807, 2.05) is 12.1 Å². The molecule has 4 heteroatoms. The third-order valence-electron chi connectivity index (χ3n) is 18.7. The number of aromatic nitrogens is 1. The molecule has 0 aliphatic heterocycles. The van der Waals surface area contributed by atoms with Gasteiger partial charge in [0.15, 0.2) is 0 Å². The normalized spacial score (nSPS) is 13.8. The number of fused-ring (bicyclic) bond motifs is 13. The molecule has 4 nitrogen and oxygen atoms in total. The van der Waals surface area contributed by atoms with Crippen LogP contribution in [0.4, 0.5) is 17.1 Å². The molecule has 412 valence electrons. The Hall–Kier alpha value is -11.5. The molecule has 88 heavy (non-hydrogen) atoms. The molecule has 1 aliphatic carbocycles. The molecule has 14 aromatic carbocycles. The van der Waals surface area contributed by atoms with Crippen molar-refractivity contribution >= 4 is 93.5 Å². The molecule has 3 heterocycles. The topological polar surface area (TPSA) is 34.5 Å². The lowest BCUT2D eigenvalue weighted by Gasteiger charge is -2.35. The average molecular weight is 1120 g/mol. The van der Waals surface area contributed by atoms with Crippen molar-refractivity contribution in [2.45, 2.75) is 12.3 Å². The number of nitrogens with zero attached hydrogens (tertiary/aromatic N) is 2. The van der Waals surface area contributed by atoms with Gasteiger partial charge in [0.25, 0.3) is 0 Å². The Bertz CT molecular complexity index is 5640. The fraction of sp³-hybridized carbons (Fsp3) is 0.0238. The van der Waals surface area contributed by atoms with Gasteiger partial charge in [0.1, 0.15) is 22.3 Å². The Kier molecular flexibility index (Phi) is 11.1. The second-order valence-electron chi connectivity index (χ2n) is 23.5. The number of hydrogen-bond acceptors (Lipinski definition) is 3.